The van der Waals surface area contributed by atoms with E-state index >= 15 is 0 Å². The van der Waals surface area contributed by atoms with E-state index in [9.17, 15) is 0 Å². The van der Waals surface area contributed by atoms with Crippen molar-refractivity contribution in [3.05, 3.63) is 35.9 Å². The van der Waals surface area contributed by atoms with Gasteiger partial charge in [-0.3, -0.25) is 0 Å². The number of rotatable bonds is 3. The number of aromatic nitrogens is 2. The molecule has 0 bridgehead atoms. The summed E-state index contributed by atoms with van der Waals surface area (Å²) in [5, 5.41) is 1.44. The number of aryl methyl sites for hydroxylation is 1. The van der Waals surface area contributed by atoms with Gasteiger partial charge >= 0.3 is 0 Å². The van der Waals surface area contributed by atoms with E-state index in [1.54, 1.807) is 12.5 Å². The van der Waals surface area contributed by atoms with Crippen LogP contribution in [0.2, 0.25) is 0 Å². The summed E-state index contributed by atoms with van der Waals surface area (Å²) in [5.74, 6) is 0. The van der Waals surface area contributed by atoms with Crippen molar-refractivity contribution in [2.45, 2.75) is 30.1 Å². The van der Waals surface area contributed by atoms with Crippen LogP contribution in [0.4, 0.5) is 0 Å². The summed E-state index contributed by atoms with van der Waals surface area (Å²) in [6.07, 6.45) is 3.36. The van der Waals surface area contributed by atoms with E-state index in [1.807, 2.05) is 26.0 Å². The zero-order chi connectivity index (χ0) is 11.5. The minimum Gasteiger partial charge on any atom is -0.439 e. The number of hydrogen-bond donors (Lipinski definition) is 1. The molecule has 0 radical (unpaired) electrons. The standard InChI is InChI=1S/C11H13N3OS/c1-7-6-15-11(14-7)16-10-9(8(2)12)4-3-5-13-10/h3-6,8H,12H2,1-2H3. The fourth-order valence-corrected chi connectivity index (χ4v) is 2.23. The van der Waals surface area contributed by atoms with Crippen LogP contribution in [-0.2, 0) is 0 Å². The molecule has 16 heavy (non-hydrogen) atoms. The summed E-state index contributed by atoms with van der Waals surface area (Å²) in [5.41, 5.74) is 7.73. The first-order valence-corrected chi connectivity index (χ1v) is 5.79. The molecule has 5 heteroatoms. The Kier molecular flexibility index (Phi) is 3.26. The Bertz CT molecular complexity index is 482. The Morgan fingerprint density at radius 1 is 1.50 bits per heavy atom. The summed E-state index contributed by atoms with van der Waals surface area (Å²) in [7, 11) is 0. The largest absolute Gasteiger partial charge is 0.439 e. The zero-order valence-electron chi connectivity index (χ0n) is 9.18. The molecular weight excluding hydrogens is 222 g/mol. The number of nitrogens with zero attached hydrogens (tertiary/aromatic N) is 2. The first-order valence-electron chi connectivity index (χ1n) is 4.97. The van der Waals surface area contributed by atoms with Gasteiger partial charge in [-0.05, 0) is 31.7 Å². The van der Waals surface area contributed by atoms with Crippen LogP contribution >= 0.6 is 11.8 Å². The second-order valence-corrected chi connectivity index (χ2v) is 4.48. The number of nitrogens with two attached hydrogens (primary N) is 1. The lowest BCUT2D eigenvalue weighted by Gasteiger charge is -2.08. The predicted molar refractivity (Wildman–Crippen MR) is 62.2 cm³/mol. The van der Waals surface area contributed by atoms with Gasteiger partial charge < -0.3 is 10.2 Å². The highest BCUT2D eigenvalue weighted by Gasteiger charge is 2.11. The first-order chi connectivity index (χ1) is 7.66. The molecule has 0 aromatic carbocycles. The number of oxazole rings is 1. The van der Waals surface area contributed by atoms with Crippen molar-refractivity contribution >= 4 is 11.8 Å². The van der Waals surface area contributed by atoms with Gasteiger partial charge in [-0.15, -0.1) is 0 Å². The van der Waals surface area contributed by atoms with Crippen LogP contribution in [0.5, 0.6) is 0 Å². The lowest BCUT2D eigenvalue weighted by Crippen LogP contribution is -2.07. The van der Waals surface area contributed by atoms with E-state index in [2.05, 4.69) is 9.97 Å². The van der Waals surface area contributed by atoms with E-state index in [0.29, 0.717) is 5.22 Å². The van der Waals surface area contributed by atoms with E-state index in [4.69, 9.17) is 10.2 Å². The molecule has 2 aromatic heterocycles. The molecule has 0 fully saturated rings. The topological polar surface area (TPSA) is 64.9 Å². The van der Waals surface area contributed by atoms with Crippen molar-refractivity contribution in [3.63, 3.8) is 0 Å². The van der Waals surface area contributed by atoms with Crippen LogP contribution in [0.1, 0.15) is 24.2 Å². The second-order valence-electron chi connectivity index (χ2n) is 3.54. The lowest BCUT2D eigenvalue weighted by atomic mass is 10.2. The minimum absolute atomic E-state index is 0.0488. The van der Waals surface area contributed by atoms with E-state index < -0.39 is 0 Å². The van der Waals surface area contributed by atoms with Crippen molar-refractivity contribution in [1.82, 2.24) is 9.97 Å². The summed E-state index contributed by atoms with van der Waals surface area (Å²) < 4.78 is 5.27. The normalized spacial score (nSPS) is 12.7. The van der Waals surface area contributed by atoms with Crippen molar-refractivity contribution in [2.24, 2.45) is 5.73 Å². The fraction of sp³-hybridized carbons (Fsp3) is 0.273. The van der Waals surface area contributed by atoms with Gasteiger partial charge in [0.25, 0.3) is 5.22 Å². The summed E-state index contributed by atoms with van der Waals surface area (Å²) in [6, 6.07) is 3.80. The van der Waals surface area contributed by atoms with Crippen LogP contribution in [0.25, 0.3) is 0 Å². The third-order valence-electron chi connectivity index (χ3n) is 2.07. The van der Waals surface area contributed by atoms with Crippen LogP contribution < -0.4 is 5.73 Å². The van der Waals surface area contributed by atoms with Gasteiger partial charge in [-0.1, -0.05) is 6.07 Å². The second kappa shape index (κ2) is 4.67. The molecule has 2 rings (SSSR count). The van der Waals surface area contributed by atoms with E-state index in [1.165, 1.54) is 11.8 Å². The SMILES string of the molecule is Cc1coc(Sc2ncccc2C(C)N)n1. The molecule has 0 aliphatic rings. The summed E-state index contributed by atoms with van der Waals surface area (Å²) in [6.45, 7) is 3.82. The molecule has 2 aromatic rings. The maximum atomic E-state index is 5.87. The van der Waals surface area contributed by atoms with Crippen molar-refractivity contribution in [1.29, 1.82) is 0 Å². The van der Waals surface area contributed by atoms with Gasteiger partial charge in [-0.2, -0.15) is 0 Å². The van der Waals surface area contributed by atoms with E-state index in [-0.39, 0.29) is 6.04 Å². The maximum absolute atomic E-state index is 5.87. The van der Waals surface area contributed by atoms with Gasteiger partial charge in [0.05, 0.1) is 5.69 Å². The zero-order valence-corrected chi connectivity index (χ0v) is 9.99. The molecule has 1 unspecified atom stereocenters. The minimum atomic E-state index is -0.0488. The molecule has 4 nitrogen and oxygen atoms in total. The Morgan fingerprint density at radius 2 is 2.31 bits per heavy atom. The van der Waals surface area contributed by atoms with Gasteiger partial charge in [-0.25, -0.2) is 9.97 Å². The molecule has 2 N–H and O–H groups in total. The fourth-order valence-electron chi connectivity index (χ4n) is 1.30. The molecular formula is C11H13N3OS. The van der Waals surface area contributed by atoms with Gasteiger partial charge in [0.15, 0.2) is 0 Å². The Hall–Kier alpha value is -1.33. The Morgan fingerprint density at radius 3 is 2.94 bits per heavy atom. The third-order valence-corrected chi connectivity index (χ3v) is 2.97. The first kappa shape index (κ1) is 11.2. The van der Waals surface area contributed by atoms with Crippen LogP contribution in [0.15, 0.2) is 39.3 Å². The molecule has 0 aliphatic carbocycles. The van der Waals surface area contributed by atoms with Crippen molar-refractivity contribution < 1.29 is 4.42 Å². The average molecular weight is 235 g/mol. The molecule has 0 saturated carbocycles. The molecule has 2 heterocycles. The maximum Gasteiger partial charge on any atom is 0.262 e. The molecule has 1 atom stereocenters. The van der Waals surface area contributed by atoms with Gasteiger partial charge in [0, 0.05) is 17.8 Å². The van der Waals surface area contributed by atoms with Crippen molar-refractivity contribution in [2.75, 3.05) is 0 Å². The number of hydrogen-bond acceptors (Lipinski definition) is 5. The molecule has 0 aliphatic heterocycles. The molecule has 0 saturated heterocycles. The quantitative estimate of drug-likeness (QED) is 0.885. The Labute approximate surface area is 98.3 Å². The number of pyridine rings is 1. The monoisotopic (exact) mass is 235 g/mol. The highest BCUT2D eigenvalue weighted by Crippen LogP contribution is 2.29. The van der Waals surface area contributed by atoms with Crippen LogP contribution in [0.3, 0.4) is 0 Å². The van der Waals surface area contributed by atoms with Crippen molar-refractivity contribution in [3.8, 4) is 0 Å². The van der Waals surface area contributed by atoms with E-state index in [0.717, 1.165) is 16.3 Å². The smallest absolute Gasteiger partial charge is 0.262 e. The summed E-state index contributed by atoms with van der Waals surface area (Å²) >= 11 is 1.39. The third kappa shape index (κ3) is 2.43. The average Bonchev–Trinajstić information content (AvgIpc) is 2.64. The van der Waals surface area contributed by atoms with Gasteiger partial charge in [0.2, 0.25) is 0 Å². The highest BCUT2D eigenvalue weighted by atomic mass is 32.2. The van der Waals surface area contributed by atoms with Gasteiger partial charge in [0.1, 0.15) is 11.3 Å². The van der Waals surface area contributed by atoms with Crippen LogP contribution in [0, 0.1) is 6.92 Å². The Balaban J connectivity index is 2.27. The summed E-state index contributed by atoms with van der Waals surface area (Å²) in [4.78, 5) is 8.51. The molecule has 84 valence electrons. The predicted octanol–water partition coefficient (Wildman–Crippen LogP) is 2.55. The molecule has 0 amide bonds. The van der Waals surface area contributed by atoms with Crippen LogP contribution in [-0.4, -0.2) is 9.97 Å². The highest BCUT2D eigenvalue weighted by molar-refractivity contribution is 7.99. The molecule has 0 spiro atoms. The lowest BCUT2D eigenvalue weighted by molar-refractivity contribution is 0.453.